The maximum absolute atomic E-state index is 11.0. The number of benzene rings is 2. The van der Waals surface area contributed by atoms with Crippen LogP contribution in [-0.4, -0.2) is 62.6 Å². The molecule has 1 aromatic heterocycles. The number of carbonyl (C=O) groups is 1. The zero-order valence-corrected chi connectivity index (χ0v) is 16.8. The molecule has 1 saturated heterocycles. The van der Waals surface area contributed by atoms with Gasteiger partial charge in [-0.25, -0.2) is 4.79 Å². The summed E-state index contributed by atoms with van der Waals surface area (Å²) < 4.78 is 0. The molecule has 30 heavy (non-hydrogen) atoms. The maximum Gasteiger partial charge on any atom is 0.335 e. The van der Waals surface area contributed by atoms with Gasteiger partial charge in [0.25, 0.3) is 0 Å². The first-order valence-corrected chi connectivity index (χ1v) is 9.85. The molecular formula is C21H21ClN4O4. The molecule has 1 aliphatic heterocycles. The second-order valence-corrected chi connectivity index (χ2v) is 7.61. The third-order valence-corrected chi connectivity index (χ3v) is 5.56. The number of anilines is 1. The van der Waals surface area contributed by atoms with Gasteiger partial charge in [-0.15, -0.1) is 0 Å². The Labute approximate surface area is 177 Å². The lowest BCUT2D eigenvalue weighted by atomic mass is 10.1. The van der Waals surface area contributed by atoms with E-state index in [0.29, 0.717) is 11.3 Å². The molecule has 9 heteroatoms. The molecule has 0 saturated carbocycles. The number of phenolic OH excluding ortho intramolecular Hbond substituents is 2. The van der Waals surface area contributed by atoms with Crippen molar-refractivity contribution in [3.05, 3.63) is 58.7 Å². The number of piperazine rings is 1. The van der Waals surface area contributed by atoms with Gasteiger partial charge in [0.2, 0.25) is 0 Å². The van der Waals surface area contributed by atoms with Crippen LogP contribution >= 0.6 is 11.6 Å². The highest BCUT2D eigenvalue weighted by atomic mass is 35.5. The van der Waals surface area contributed by atoms with Crippen molar-refractivity contribution in [1.29, 1.82) is 0 Å². The molecule has 1 fully saturated rings. The molecule has 4 rings (SSSR count). The lowest BCUT2D eigenvalue weighted by Crippen LogP contribution is -2.46. The SMILES string of the molecule is O=C(O)c1ccc(CN2CCN(c3c[nH]nc3-c3cc(Cl)c(O)cc3O)CC2)cc1. The normalized spacial score (nSPS) is 14.8. The van der Waals surface area contributed by atoms with Crippen LogP contribution in [0.1, 0.15) is 15.9 Å². The Morgan fingerprint density at radius 2 is 1.77 bits per heavy atom. The standard InChI is InChI=1S/C21H21ClN4O4/c22-16-9-15(18(27)10-19(16)28)20-17(11-23-24-20)26-7-5-25(6-8-26)12-13-1-3-14(4-2-13)21(29)30/h1-4,9-11,27-28H,5-8,12H2,(H,23,24)(H,29,30). The third-order valence-electron chi connectivity index (χ3n) is 5.26. The number of hydrogen-bond donors (Lipinski definition) is 4. The monoisotopic (exact) mass is 428 g/mol. The average Bonchev–Trinajstić information content (AvgIpc) is 3.21. The van der Waals surface area contributed by atoms with E-state index in [2.05, 4.69) is 20.0 Å². The van der Waals surface area contributed by atoms with Crippen molar-refractivity contribution in [3.8, 4) is 22.8 Å². The van der Waals surface area contributed by atoms with Gasteiger partial charge >= 0.3 is 5.97 Å². The summed E-state index contributed by atoms with van der Waals surface area (Å²) in [7, 11) is 0. The van der Waals surface area contributed by atoms with Crippen LogP contribution in [0, 0.1) is 0 Å². The Morgan fingerprint density at radius 1 is 1.07 bits per heavy atom. The quantitative estimate of drug-likeness (QED) is 0.493. The molecule has 8 nitrogen and oxygen atoms in total. The number of rotatable bonds is 5. The molecule has 2 heterocycles. The van der Waals surface area contributed by atoms with Crippen LogP contribution in [0.2, 0.25) is 5.02 Å². The smallest absolute Gasteiger partial charge is 0.335 e. The summed E-state index contributed by atoms with van der Waals surface area (Å²) in [5.41, 5.74) is 3.24. The van der Waals surface area contributed by atoms with E-state index in [4.69, 9.17) is 16.7 Å². The Balaban J connectivity index is 1.44. The minimum absolute atomic E-state index is 0.0892. The molecule has 0 bridgehead atoms. The molecule has 0 unspecified atom stereocenters. The van der Waals surface area contributed by atoms with E-state index in [1.165, 1.54) is 12.1 Å². The third kappa shape index (κ3) is 4.05. The zero-order valence-electron chi connectivity index (χ0n) is 16.0. The molecule has 0 amide bonds. The van der Waals surface area contributed by atoms with Crippen LogP contribution < -0.4 is 4.90 Å². The number of carboxylic acids is 1. The van der Waals surface area contributed by atoms with Gasteiger partial charge in [0.15, 0.2) is 0 Å². The highest BCUT2D eigenvalue weighted by Crippen LogP contribution is 2.40. The van der Waals surface area contributed by atoms with Crippen LogP contribution in [0.25, 0.3) is 11.3 Å². The molecule has 4 N–H and O–H groups in total. The number of aromatic hydroxyl groups is 2. The fourth-order valence-corrected chi connectivity index (χ4v) is 3.78. The van der Waals surface area contributed by atoms with Crippen LogP contribution in [0.5, 0.6) is 11.5 Å². The number of aromatic nitrogens is 2. The Bertz CT molecular complexity index is 1060. The van der Waals surface area contributed by atoms with Crippen molar-refractivity contribution < 1.29 is 20.1 Å². The number of nitrogens with one attached hydrogen (secondary N) is 1. The second-order valence-electron chi connectivity index (χ2n) is 7.21. The highest BCUT2D eigenvalue weighted by Gasteiger charge is 2.23. The van der Waals surface area contributed by atoms with Gasteiger partial charge in [0.05, 0.1) is 16.3 Å². The minimum Gasteiger partial charge on any atom is -0.507 e. The van der Waals surface area contributed by atoms with E-state index < -0.39 is 5.97 Å². The summed E-state index contributed by atoms with van der Waals surface area (Å²) in [6, 6.07) is 9.66. The van der Waals surface area contributed by atoms with Crippen molar-refractivity contribution in [2.24, 2.45) is 0 Å². The predicted octanol–water partition coefficient (Wildman–Crippen LogP) is 3.16. The maximum atomic E-state index is 11.0. The first-order chi connectivity index (χ1) is 14.4. The topological polar surface area (TPSA) is 113 Å². The molecule has 1 aliphatic rings. The van der Waals surface area contributed by atoms with E-state index >= 15 is 0 Å². The van der Waals surface area contributed by atoms with Crippen molar-refractivity contribution in [3.63, 3.8) is 0 Å². The first-order valence-electron chi connectivity index (χ1n) is 9.47. The summed E-state index contributed by atoms with van der Waals surface area (Å²) in [5.74, 6) is -1.19. The highest BCUT2D eigenvalue weighted by molar-refractivity contribution is 6.32. The largest absolute Gasteiger partial charge is 0.507 e. The van der Waals surface area contributed by atoms with Crippen molar-refractivity contribution >= 4 is 23.3 Å². The van der Waals surface area contributed by atoms with Crippen molar-refractivity contribution in [1.82, 2.24) is 15.1 Å². The van der Waals surface area contributed by atoms with Gasteiger partial charge < -0.3 is 20.2 Å². The fourth-order valence-electron chi connectivity index (χ4n) is 3.62. The number of halogens is 1. The number of hydrogen-bond acceptors (Lipinski definition) is 6. The van der Waals surface area contributed by atoms with Crippen molar-refractivity contribution in [2.45, 2.75) is 6.54 Å². The van der Waals surface area contributed by atoms with Crippen LogP contribution in [0.15, 0.2) is 42.6 Å². The van der Waals surface area contributed by atoms with Gasteiger partial charge in [-0.2, -0.15) is 5.10 Å². The summed E-state index contributed by atoms with van der Waals surface area (Å²) in [4.78, 5) is 15.5. The van der Waals surface area contributed by atoms with E-state index in [-0.39, 0.29) is 22.1 Å². The average molecular weight is 429 g/mol. The number of H-pyrrole nitrogens is 1. The number of aromatic carboxylic acids is 1. The zero-order chi connectivity index (χ0) is 21.3. The van der Waals surface area contributed by atoms with Crippen LogP contribution in [0.4, 0.5) is 5.69 Å². The van der Waals surface area contributed by atoms with Crippen LogP contribution in [-0.2, 0) is 6.54 Å². The van der Waals surface area contributed by atoms with Gasteiger partial charge in [-0.1, -0.05) is 23.7 Å². The van der Waals surface area contributed by atoms with Gasteiger partial charge in [-0.3, -0.25) is 10.00 Å². The molecule has 156 valence electrons. The van der Waals surface area contributed by atoms with Crippen LogP contribution in [0.3, 0.4) is 0 Å². The van der Waals surface area contributed by atoms with Gasteiger partial charge in [0, 0.05) is 50.6 Å². The number of nitrogens with zero attached hydrogens (tertiary/aromatic N) is 3. The molecule has 0 spiro atoms. The Kier molecular flexibility index (Phi) is 5.52. The first kappa shape index (κ1) is 20.1. The number of aromatic amines is 1. The minimum atomic E-state index is -0.924. The summed E-state index contributed by atoms with van der Waals surface area (Å²) in [6.45, 7) is 3.94. The molecule has 0 radical (unpaired) electrons. The summed E-state index contributed by atoms with van der Waals surface area (Å²) in [6.07, 6.45) is 1.79. The lowest BCUT2D eigenvalue weighted by molar-refractivity contribution is 0.0697. The predicted molar refractivity (Wildman–Crippen MR) is 113 cm³/mol. The summed E-state index contributed by atoms with van der Waals surface area (Å²) in [5, 5.41) is 36.2. The number of carboxylic acid groups (broad SMARTS) is 1. The number of phenols is 2. The van der Waals surface area contributed by atoms with Gasteiger partial charge in [-0.05, 0) is 23.8 Å². The molecule has 3 aromatic rings. The Morgan fingerprint density at radius 3 is 2.43 bits per heavy atom. The van der Waals surface area contributed by atoms with Crippen molar-refractivity contribution in [2.75, 3.05) is 31.1 Å². The molecule has 2 aromatic carbocycles. The Hall–Kier alpha value is -3.23. The van der Waals surface area contributed by atoms with E-state index in [1.807, 2.05) is 12.1 Å². The van der Waals surface area contributed by atoms with E-state index in [9.17, 15) is 15.0 Å². The second kappa shape index (κ2) is 8.25. The van der Waals surface area contributed by atoms with E-state index in [1.54, 1.807) is 18.3 Å². The molecule has 0 aliphatic carbocycles. The molecular weight excluding hydrogens is 408 g/mol. The lowest BCUT2D eigenvalue weighted by Gasteiger charge is -2.36. The fraction of sp³-hybridized carbons (Fsp3) is 0.238. The summed E-state index contributed by atoms with van der Waals surface area (Å²) >= 11 is 6.01. The van der Waals surface area contributed by atoms with Gasteiger partial charge in [0.1, 0.15) is 17.2 Å². The van der Waals surface area contributed by atoms with E-state index in [0.717, 1.165) is 44.0 Å². The molecule has 0 atom stereocenters.